The topological polar surface area (TPSA) is 58.6 Å². The Hall–Kier alpha value is -2.26. The number of nitrogens with zero attached hydrogens (tertiary/aromatic N) is 1. The van der Waals surface area contributed by atoms with Crippen LogP contribution in [0.5, 0.6) is 5.75 Å². The molecule has 4 rings (SSSR count). The number of rotatable bonds is 6. The van der Waals surface area contributed by atoms with Gasteiger partial charge < -0.3 is 9.64 Å². The van der Waals surface area contributed by atoms with Gasteiger partial charge in [-0.3, -0.25) is 4.72 Å². The van der Waals surface area contributed by atoms with Crippen molar-refractivity contribution in [1.29, 1.82) is 0 Å². The van der Waals surface area contributed by atoms with Crippen molar-refractivity contribution in [3.05, 3.63) is 53.6 Å². The van der Waals surface area contributed by atoms with E-state index in [1.807, 2.05) is 12.1 Å². The number of halogens is 3. The Morgan fingerprint density at radius 1 is 0.939 bits per heavy atom. The molecular formula is C24H29F3N2O3S. The molecule has 1 heterocycles. The zero-order chi connectivity index (χ0) is 23.5. The van der Waals surface area contributed by atoms with E-state index >= 15 is 0 Å². The highest BCUT2D eigenvalue weighted by Gasteiger charge is 2.31. The van der Waals surface area contributed by atoms with Crippen molar-refractivity contribution in [2.75, 3.05) is 24.4 Å². The van der Waals surface area contributed by atoms with Gasteiger partial charge in [-0.15, -0.1) is 13.2 Å². The van der Waals surface area contributed by atoms with Gasteiger partial charge in [0.2, 0.25) is 0 Å². The van der Waals surface area contributed by atoms with Crippen LogP contribution in [0.1, 0.15) is 43.2 Å². The Labute approximate surface area is 193 Å². The first kappa shape index (κ1) is 23.9. The van der Waals surface area contributed by atoms with E-state index in [9.17, 15) is 21.6 Å². The first-order valence-electron chi connectivity index (χ1n) is 11.4. The SMILES string of the molecule is O=S(=O)(Nc1ccc2c(c1)CCN(CC1CCCCC1)CC2)c1ccc(OC(F)(F)F)cc1. The quantitative estimate of drug-likeness (QED) is 0.602. The van der Waals surface area contributed by atoms with E-state index in [0.29, 0.717) is 5.69 Å². The molecule has 1 fully saturated rings. The van der Waals surface area contributed by atoms with Gasteiger partial charge in [0.25, 0.3) is 10.0 Å². The molecule has 0 spiro atoms. The summed E-state index contributed by atoms with van der Waals surface area (Å²) in [6.45, 7) is 3.11. The molecule has 0 atom stereocenters. The zero-order valence-corrected chi connectivity index (χ0v) is 19.2. The molecule has 0 saturated heterocycles. The summed E-state index contributed by atoms with van der Waals surface area (Å²) >= 11 is 0. The van der Waals surface area contributed by atoms with Crippen LogP contribution in [0.3, 0.4) is 0 Å². The lowest BCUT2D eigenvalue weighted by molar-refractivity contribution is -0.274. The Morgan fingerprint density at radius 2 is 1.61 bits per heavy atom. The highest BCUT2D eigenvalue weighted by molar-refractivity contribution is 7.92. The van der Waals surface area contributed by atoms with Gasteiger partial charge in [0.1, 0.15) is 5.75 Å². The number of hydrogen-bond acceptors (Lipinski definition) is 4. The first-order valence-corrected chi connectivity index (χ1v) is 12.9. The molecule has 33 heavy (non-hydrogen) atoms. The third-order valence-electron chi connectivity index (χ3n) is 6.46. The van der Waals surface area contributed by atoms with Crippen LogP contribution in [0.15, 0.2) is 47.4 Å². The number of benzene rings is 2. The predicted molar refractivity (Wildman–Crippen MR) is 121 cm³/mol. The third kappa shape index (κ3) is 6.63. The molecule has 1 aliphatic heterocycles. The largest absolute Gasteiger partial charge is 0.573 e. The molecule has 9 heteroatoms. The number of sulfonamides is 1. The maximum atomic E-state index is 12.7. The van der Waals surface area contributed by atoms with E-state index < -0.39 is 22.1 Å². The van der Waals surface area contributed by atoms with E-state index in [2.05, 4.69) is 14.4 Å². The molecule has 1 aliphatic carbocycles. The number of hydrogen-bond donors (Lipinski definition) is 1. The van der Waals surface area contributed by atoms with Gasteiger partial charge in [0.05, 0.1) is 4.90 Å². The summed E-state index contributed by atoms with van der Waals surface area (Å²) in [5.74, 6) is 0.319. The van der Waals surface area contributed by atoms with Crippen molar-refractivity contribution < 1.29 is 26.3 Å². The number of anilines is 1. The second-order valence-electron chi connectivity index (χ2n) is 8.91. The molecular weight excluding hydrogens is 453 g/mol. The van der Waals surface area contributed by atoms with E-state index in [-0.39, 0.29) is 4.90 Å². The van der Waals surface area contributed by atoms with Gasteiger partial charge in [0.15, 0.2) is 0 Å². The lowest BCUT2D eigenvalue weighted by Crippen LogP contribution is -2.32. The van der Waals surface area contributed by atoms with Crippen LogP contribution in [0, 0.1) is 5.92 Å². The van der Waals surface area contributed by atoms with Crippen LogP contribution in [0.25, 0.3) is 0 Å². The van der Waals surface area contributed by atoms with Gasteiger partial charge >= 0.3 is 6.36 Å². The molecule has 0 amide bonds. The van der Waals surface area contributed by atoms with Crippen molar-refractivity contribution in [1.82, 2.24) is 4.90 Å². The fraction of sp³-hybridized carbons (Fsp3) is 0.500. The molecule has 0 unspecified atom stereocenters. The van der Waals surface area contributed by atoms with Crippen molar-refractivity contribution in [3.63, 3.8) is 0 Å². The minimum Gasteiger partial charge on any atom is -0.406 e. The summed E-state index contributed by atoms with van der Waals surface area (Å²) in [6.07, 6.45) is 3.63. The molecule has 2 aromatic rings. The molecule has 1 saturated carbocycles. The Bertz CT molecular complexity index is 1050. The molecule has 2 aromatic carbocycles. The predicted octanol–water partition coefficient (Wildman–Crippen LogP) is 5.37. The fourth-order valence-corrected chi connectivity index (χ4v) is 5.84. The van der Waals surface area contributed by atoms with Crippen LogP contribution in [-0.2, 0) is 22.9 Å². The van der Waals surface area contributed by atoms with Crippen LogP contribution < -0.4 is 9.46 Å². The zero-order valence-electron chi connectivity index (χ0n) is 18.4. The Balaban J connectivity index is 1.40. The second-order valence-corrected chi connectivity index (χ2v) is 10.6. The van der Waals surface area contributed by atoms with Crippen LogP contribution in [0.4, 0.5) is 18.9 Å². The van der Waals surface area contributed by atoms with E-state index in [4.69, 9.17) is 0 Å². The molecule has 5 nitrogen and oxygen atoms in total. The smallest absolute Gasteiger partial charge is 0.406 e. The van der Waals surface area contributed by atoms with Gasteiger partial charge in [-0.25, -0.2) is 8.42 Å². The fourth-order valence-electron chi connectivity index (χ4n) is 4.79. The van der Waals surface area contributed by atoms with E-state index in [0.717, 1.165) is 68.2 Å². The molecule has 180 valence electrons. The Morgan fingerprint density at radius 3 is 2.27 bits per heavy atom. The minimum absolute atomic E-state index is 0.134. The molecule has 1 N–H and O–H groups in total. The maximum Gasteiger partial charge on any atom is 0.573 e. The maximum absolute atomic E-state index is 12.7. The number of nitrogens with one attached hydrogen (secondary N) is 1. The normalized spacial score (nSPS) is 18.4. The molecule has 0 aromatic heterocycles. The molecule has 0 bridgehead atoms. The highest BCUT2D eigenvalue weighted by Crippen LogP contribution is 2.28. The molecule has 0 radical (unpaired) electrons. The number of ether oxygens (including phenoxy) is 1. The summed E-state index contributed by atoms with van der Waals surface area (Å²) < 4.78 is 68.7. The summed E-state index contributed by atoms with van der Waals surface area (Å²) in [4.78, 5) is 2.40. The lowest BCUT2D eigenvalue weighted by Gasteiger charge is -2.28. The summed E-state index contributed by atoms with van der Waals surface area (Å²) in [7, 11) is -3.94. The van der Waals surface area contributed by atoms with Crippen LogP contribution in [0.2, 0.25) is 0 Å². The van der Waals surface area contributed by atoms with Crippen molar-refractivity contribution in [2.24, 2.45) is 5.92 Å². The first-order chi connectivity index (χ1) is 15.7. The third-order valence-corrected chi connectivity index (χ3v) is 7.86. The summed E-state index contributed by atoms with van der Waals surface area (Å²) in [5.41, 5.74) is 2.82. The standard InChI is InChI=1S/C24H29F3N2O3S/c25-24(26,27)32-22-8-10-23(11-9-22)33(30,31)28-21-7-6-19-12-14-29(15-13-20(19)16-21)17-18-4-2-1-3-5-18/h6-11,16,18,28H,1-5,12-15,17H2. The van der Waals surface area contributed by atoms with Crippen molar-refractivity contribution in [2.45, 2.75) is 56.2 Å². The van der Waals surface area contributed by atoms with Crippen molar-refractivity contribution in [3.8, 4) is 5.75 Å². The van der Waals surface area contributed by atoms with Crippen LogP contribution in [-0.4, -0.2) is 39.3 Å². The number of alkyl halides is 3. The number of fused-ring (bicyclic) bond motifs is 1. The van der Waals surface area contributed by atoms with Gasteiger partial charge in [0, 0.05) is 25.3 Å². The van der Waals surface area contributed by atoms with Crippen molar-refractivity contribution >= 4 is 15.7 Å². The summed E-state index contributed by atoms with van der Waals surface area (Å²) in [5, 5.41) is 0. The second kappa shape index (κ2) is 9.93. The van der Waals surface area contributed by atoms with E-state index in [1.54, 1.807) is 6.07 Å². The Kier molecular flexibility index (Phi) is 7.19. The highest BCUT2D eigenvalue weighted by atomic mass is 32.2. The van der Waals surface area contributed by atoms with Crippen LogP contribution >= 0.6 is 0 Å². The average Bonchev–Trinajstić information content (AvgIpc) is 2.95. The monoisotopic (exact) mass is 482 g/mol. The molecule has 2 aliphatic rings. The summed E-state index contributed by atoms with van der Waals surface area (Å²) in [6, 6.07) is 9.75. The van der Waals surface area contributed by atoms with Gasteiger partial charge in [-0.1, -0.05) is 25.3 Å². The van der Waals surface area contributed by atoms with Gasteiger partial charge in [-0.05, 0) is 79.1 Å². The lowest BCUT2D eigenvalue weighted by atomic mass is 9.89. The van der Waals surface area contributed by atoms with Gasteiger partial charge in [-0.2, -0.15) is 0 Å². The van der Waals surface area contributed by atoms with E-state index in [1.165, 1.54) is 37.7 Å². The average molecular weight is 483 g/mol. The minimum atomic E-state index is -4.83.